The van der Waals surface area contributed by atoms with Crippen molar-refractivity contribution >= 4 is 0 Å². The number of rotatable bonds is 5. The van der Waals surface area contributed by atoms with Crippen molar-refractivity contribution in [2.75, 3.05) is 0 Å². The molecule has 59 valence electrons. The maximum Gasteiger partial charge on any atom is -0.0265 e. The van der Waals surface area contributed by atoms with Gasteiger partial charge in [0.15, 0.2) is 0 Å². The first-order chi connectivity index (χ1) is 4.81. The highest BCUT2D eigenvalue weighted by Crippen LogP contribution is 2.03. The van der Waals surface area contributed by atoms with E-state index in [0.717, 1.165) is 12.3 Å². The van der Waals surface area contributed by atoms with Crippen LogP contribution in [0.5, 0.6) is 0 Å². The lowest BCUT2D eigenvalue weighted by atomic mass is 10.1. The van der Waals surface area contributed by atoms with Gasteiger partial charge in [-0.2, -0.15) is 0 Å². The smallest absolute Gasteiger partial charge is 0.0265 e. The second-order valence-electron chi connectivity index (χ2n) is 2.81. The third kappa shape index (κ3) is 5.87. The molecule has 0 fully saturated rings. The molecule has 0 aliphatic heterocycles. The van der Waals surface area contributed by atoms with E-state index in [9.17, 15) is 0 Å². The van der Waals surface area contributed by atoms with Crippen molar-refractivity contribution in [2.24, 2.45) is 5.92 Å². The number of hydrogen-bond acceptors (Lipinski definition) is 0. The summed E-state index contributed by atoms with van der Waals surface area (Å²) in [5, 5.41) is 0. The predicted octanol–water partition coefficient (Wildman–Crippen LogP) is 3.59. The fourth-order valence-corrected chi connectivity index (χ4v) is 0.727. The van der Waals surface area contributed by atoms with E-state index < -0.39 is 0 Å². The molecule has 0 spiro atoms. The summed E-state index contributed by atoms with van der Waals surface area (Å²) in [5.41, 5.74) is 0. The van der Waals surface area contributed by atoms with Gasteiger partial charge in [0.2, 0.25) is 0 Å². The fourth-order valence-electron chi connectivity index (χ4n) is 0.727. The van der Waals surface area contributed by atoms with E-state index in [1.54, 1.807) is 0 Å². The zero-order valence-electron chi connectivity index (χ0n) is 7.27. The van der Waals surface area contributed by atoms with Crippen LogP contribution in [-0.4, -0.2) is 0 Å². The summed E-state index contributed by atoms with van der Waals surface area (Å²) in [6, 6.07) is 0. The Morgan fingerprint density at radius 2 is 2.20 bits per heavy atom. The molecular formula is C10H19. The van der Waals surface area contributed by atoms with Gasteiger partial charge in [0.1, 0.15) is 0 Å². The Labute approximate surface area is 65.3 Å². The lowest BCUT2D eigenvalue weighted by Gasteiger charge is -1.98. The quantitative estimate of drug-likeness (QED) is 0.403. The largest absolute Gasteiger partial charge is 0.0883 e. The van der Waals surface area contributed by atoms with Crippen LogP contribution in [0.4, 0.5) is 0 Å². The molecule has 0 aromatic carbocycles. The van der Waals surface area contributed by atoms with E-state index >= 15 is 0 Å². The Kier molecular flexibility index (Phi) is 6.68. The van der Waals surface area contributed by atoms with Crippen molar-refractivity contribution in [3.8, 4) is 0 Å². The molecule has 0 rings (SSSR count). The molecule has 0 heterocycles. The molecule has 0 aromatic heterocycles. The third-order valence-corrected chi connectivity index (χ3v) is 1.73. The van der Waals surface area contributed by atoms with Crippen LogP contribution in [0.1, 0.15) is 39.5 Å². The van der Waals surface area contributed by atoms with Crippen LogP contribution in [0.2, 0.25) is 0 Å². The Hall–Kier alpha value is -0.260. The molecule has 0 N–H and O–H groups in total. The van der Waals surface area contributed by atoms with Crippen molar-refractivity contribution in [3.05, 3.63) is 19.1 Å². The van der Waals surface area contributed by atoms with E-state index in [1.165, 1.54) is 19.3 Å². The van der Waals surface area contributed by atoms with Crippen LogP contribution in [0.15, 0.2) is 12.2 Å². The molecule has 0 saturated heterocycles. The summed E-state index contributed by atoms with van der Waals surface area (Å²) in [6.07, 6.45) is 9.32. The highest BCUT2D eigenvalue weighted by atomic mass is 13.9. The Morgan fingerprint density at radius 3 is 2.70 bits per heavy atom. The molecule has 0 nitrogen and oxygen atoms in total. The minimum atomic E-state index is 0.754. The topological polar surface area (TPSA) is 0 Å². The normalized spacial score (nSPS) is 14.3. The van der Waals surface area contributed by atoms with Gasteiger partial charge in [-0.25, -0.2) is 0 Å². The SMILES string of the molecule is [CH2]CCCC=CC(C)CC. The summed E-state index contributed by atoms with van der Waals surface area (Å²) in [7, 11) is 0. The molecule has 0 heteroatoms. The molecule has 0 aliphatic rings. The van der Waals surface area contributed by atoms with Crippen molar-refractivity contribution < 1.29 is 0 Å². The standard InChI is InChI=1S/C10H19/c1-4-6-7-8-9-10(3)5-2/h8-10H,1,4-7H2,2-3H3. The summed E-state index contributed by atoms with van der Waals surface area (Å²) in [6.45, 7) is 8.26. The van der Waals surface area contributed by atoms with Gasteiger partial charge in [0.25, 0.3) is 0 Å². The molecule has 0 aliphatic carbocycles. The second-order valence-corrected chi connectivity index (χ2v) is 2.81. The average molecular weight is 139 g/mol. The number of unbranched alkanes of at least 4 members (excludes halogenated alkanes) is 2. The number of allylic oxidation sites excluding steroid dienone is 2. The molecule has 0 bridgehead atoms. The van der Waals surface area contributed by atoms with Crippen molar-refractivity contribution in [2.45, 2.75) is 39.5 Å². The van der Waals surface area contributed by atoms with Gasteiger partial charge in [-0.1, -0.05) is 45.8 Å². The maximum atomic E-state index is 3.79. The highest BCUT2D eigenvalue weighted by molar-refractivity contribution is 4.85. The highest BCUT2D eigenvalue weighted by Gasteiger charge is 1.88. The van der Waals surface area contributed by atoms with Crippen molar-refractivity contribution in [1.29, 1.82) is 0 Å². The average Bonchev–Trinajstić information content (AvgIpc) is 1.98. The van der Waals surface area contributed by atoms with E-state index in [0.29, 0.717) is 0 Å². The van der Waals surface area contributed by atoms with E-state index in [4.69, 9.17) is 0 Å². The summed E-state index contributed by atoms with van der Waals surface area (Å²) < 4.78 is 0. The van der Waals surface area contributed by atoms with Crippen LogP contribution in [0.25, 0.3) is 0 Å². The first kappa shape index (κ1) is 9.74. The van der Waals surface area contributed by atoms with Crippen molar-refractivity contribution in [1.82, 2.24) is 0 Å². The van der Waals surface area contributed by atoms with Crippen LogP contribution in [-0.2, 0) is 0 Å². The van der Waals surface area contributed by atoms with Gasteiger partial charge in [0, 0.05) is 0 Å². The lowest BCUT2D eigenvalue weighted by Crippen LogP contribution is -1.83. The maximum absolute atomic E-state index is 3.79. The van der Waals surface area contributed by atoms with Crippen LogP contribution < -0.4 is 0 Å². The van der Waals surface area contributed by atoms with Gasteiger partial charge in [0.05, 0.1) is 0 Å². The second kappa shape index (κ2) is 6.85. The summed E-state index contributed by atoms with van der Waals surface area (Å²) in [5.74, 6) is 0.754. The Balaban J connectivity index is 3.18. The third-order valence-electron chi connectivity index (χ3n) is 1.73. The zero-order chi connectivity index (χ0) is 7.82. The van der Waals surface area contributed by atoms with Crippen LogP contribution in [0, 0.1) is 12.8 Å². The predicted molar refractivity (Wildman–Crippen MR) is 47.8 cm³/mol. The molecule has 0 saturated carbocycles. The first-order valence-electron chi connectivity index (χ1n) is 4.27. The number of hydrogen-bond donors (Lipinski definition) is 0. The first-order valence-corrected chi connectivity index (χ1v) is 4.27. The van der Waals surface area contributed by atoms with Crippen LogP contribution in [0.3, 0.4) is 0 Å². The lowest BCUT2D eigenvalue weighted by molar-refractivity contribution is 0.693. The summed E-state index contributed by atoms with van der Waals surface area (Å²) in [4.78, 5) is 0. The van der Waals surface area contributed by atoms with Gasteiger partial charge < -0.3 is 0 Å². The molecule has 1 radical (unpaired) electrons. The molecule has 10 heavy (non-hydrogen) atoms. The van der Waals surface area contributed by atoms with Gasteiger partial charge in [-0.3, -0.25) is 0 Å². The summed E-state index contributed by atoms with van der Waals surface area (Å²) >= 11 is 0. The van der Waals surface area contributed by atoms with Gasteiger partial charge >= 0.3 is 0 Å². The van der Waals surface area contributed by atoms with Gasteiger partial charge in [-0.15, -0.1) is 0 Å². The fraction of sp³-hybridized carbons (Fsp3) is 0.700. The molecule has 1 unspecified atom stereocenters. The van der Waals surface area contributed by atoms with E-state index in [2.05, 4.69) is 32.9 Å². The Morgan fingerprint density at radius 1 is 1.50 bits per heavy atom. The minimum Gasteiger partial charge on any atom is -0.0883 e. The molecule has 1 atom stereocenters. The van der Waals surface area contributed by atoms with E-state index in [1.807, 2.05) is 0 Å². The molecule has 0 amide bonds. The minimum absolute atomic E-state index is 0.754. The zero-order valence-corrected chi connectivity index (χ0v) is 7.27. The van der Waals surface area contributed by atoms with Crippen LogP contribution >= 0.6 is 0 Å². The van der Waals surface area contributed by atoms with Crippen molar-refractivity contribution in [3.63, 3.8) is 0 Å². The molecule has 0 aromatic rings. The monoisotopic (exact) mass is 139 g/mol. The molecular weight excluding hydrogens is 120 g/mol. The Bertz CT molecular complexity index is 82.0. The van der Waals surface area contributed by atoms with E-state index in [-0.39, 0.29) is 0 Å². The van der Waals surface area contributed by atoms with Gasteiger partial charge in [-0.05, 0) is 18.8 Å².